The van der Waals surface area contributed by atoms with Gasteiger partial charge in [-0.2, -0.15) is 0 Å². The molecular weight excluding hydrogens is 472 g/mol. The van der Waals surface area contributed by atoms with Gasteiger partial charge in [-0.25, -0.2) is 0 Å². The quantitative estimate of drug-likeness (QED) is 0.186. The third-order valence-electron chi connectivity index (χ3n) is 5.45. The molecule has 0 aliphatic rings. The van der Waals surface area contributed by atoms with Gasteiger partial charge in [0.15, 0.2) is 0 Å². The summed E-state index contributed by atoms with van der Waals surface area (Å²) in [6.45, 7) is 7.78. The van der Waals surface area contributed by atoms with Gasteiger partial charge in [-0.05, 0) is 54.8 Å². The third kappa shape index (κ3) is 7.08. The molecule has 1 N–H and O–H groups in total. The molecule has 1 amide bonds. The minimum atomic E-state index is -0.187. The highest BCUT2D eigenvalue weighted by Crippen LogP contribution is 2.28. The van der Waals surface area contributed by atoms with Gasteiger partial charge in [-0.15, -0.1) is 11.8 Å². The summed E-state index contributed by atoms with van der Waals surface area (Å²) in [4.78, 5) is 18.6. The van der Waals surface area contributed by atoms with E-state index in [4.69, 9.17) is 11.6 Å². The number of aryl methyl sites for hydroxylation is 1. The Morgan fingerprint density at radius 1 is 1.03 bits per heavy atom. The molecule has 3 nitrogen and oxygen atoms in total. The van der Waals surface area contributed by atoms with Crippen LogP contribution in [0.2, 0.25) is 0 Å². The first-order valence-electron chi connectivity index (χ1n) is 11.2. The van der Waals surface area contributed by atoms with Crippen LogP contribution in [0.5, 0.6) is 0 Å². The first-order valence-corrected chi connectivity index (χ1v) is 12.6. The van der Waals surface area contributed by atoms with E-state index in [0.717, 1.165) is 32.9 Å². The highest BCUT2D eigenvalue weighted by atomic mass is 35.5. The van der Waals surface area contributed by atoms with E-state index in [0.29, 0.717) is 22.0 Å². The molecule has 178 valence electrons. The fourth-order valence-corrected chi connectivity index (χ4v) is 4.94. The number of nitrogens with zero attached hydrogens (tertiary/aromatic N) is 1. The van der Waals surface area contributed by atoms with Gasteiger partial charge >= 0.3 is 0 Å². The lowest BCUT2D eigenvalue weighted by Gasteiger charge is -2.14. The zero-order chi connectivity index (χ0) is 25.2. The summed E-state index contributed by atoms with van der Waals surface area (Å²) >= 11 is 8.06. The topological polar surface area (TPSA) is 41.5 Å². The maximum Gasteiger partial charge on any atom is 0.256 e. The van der Waals surface area contributed by atoms with Gasteiger partial charge in [0.05, 0.1) is 11.3 Å². The summed E-state index contributed by atoms with van der Waals surface area (Å²) in [7, 11) is 1.77. The Labute approximate surface area is 217 Å². The van der Waals surface area contributed by atoms with Crippen LogP contribution in [-0.4, -0.2) is 24.4 Å². The van der Waals surface area contributed by atoms with Gasteiger partial charge in [0.1, 0.15) is 0 Å². The first kappa shape index (κ1) is 26.3. The number of allylic oxidation sites excluding steroid dienone is 2. The molecule has 0 aliphatic heterocycles. The third-order valence-corrected chi connectivity index (χ3v) is 6.78. The summed E-state index contributed by atoms with van der Waals surface area (Å²) < 4.78 is 0. The monoisotopic (exact) mass is 500 g/mol. The summed E-state index contributed by atoms with van der Waals surface area (Å²) in [5, 5.41) is 3.68. The van der Waals surface area contributed by atoms with Crippen LogP contribution in [0.4, 0.5) is 0 Å². The van der Waals surface area contributed by atoms with Crippen LogP contribution in [0.25, 0.3) is 6.08 Å². The van der Waals surface area contributed by atoms with Crippen molar-refractivity contribution in [2.24, 2.45) is 4.99 Å². The number of rotatable bonds is 9. The number of carbonyl (C=O) groups excluding carboxylic acids is 1. The predicted octanol–water partition coefficient (Wildman–Crippen LogP) is 7.68. The zero-order valence-electron chi connectivity index (χ0n) is 20.2. The lowest BCUT2D eigenvalue weighted by molar-refractivity contribution is 0.0964. The van der Waals surface area contributed by atoms with Crippen molar-refractivity contribution in [1.82, 2.24) is 5.32 Å². The van der Waals surface area contributed by atoms with Gasteiger partial charge < -0.3 is 5.32 Å². The SMILES string of the molecule is C=C/C(=C\c1ccccc1C)NC(=O)c1ccccc1SC/C(C(=NC)c1ccccc1)=C(/C)Cl. The molecule has 0 bridgehead atoms. The number of halogens is 1. The maximum absolute atomic E-state index is 13.2. The molecule has 0 saturated carbocycles. The molecule has 0 saturated heterocycles. The van der Waals surface area contributed by atoms with E-state index in [1.165, 1.54) is 0 Å². The van der Waals surface area contributed by atoms with E-state index in [-0.39, 0.29) is 5.91 Å². The van der Waals surface area contributed by atoms with Crippen LogP contribution >= 0.6 is 23.4 Å². The molecule has 0 aliphatic carbocycles. The van der Waals surface area contributed by atoms with Gasteiger partial charge in [0.2, 0.25) is 0 Å². The number of benzene rings is 3. The summed E-state index contributed by atoms with van der Waals surface area (Å²) in [6.07, 6.45) is 3.58. The zero-order valence-corrected chi connectivity index (χ0v) is 21.8. The van der Waals surface area contributed by atoms with Crippen LogP contribution < -0.4 is 5.32 Å². The number of thioether (sulfide) groups is 1. The van der Waals surface area contributed by atoms with E-state index >= 15 is 0 Å². The predicted molar refractivity (Wildman–Crippen MR) is 151 cm³/mol. The van der Waals surface area contributed by atoms with E-state index in [2.05, 4.69) is 16.9 Å². The Kier molecular flexibility index (Phi) is 9.71. The summed E-state index contributed by atoms with van der Waals surface area (Å²) in [5.41, 5.74) is 6.19. The molecule has 3 rings (SSSR count). The second-order valence-corrected chi connectivity index (χ2v) is 9.43. The Bertz CT molecular complexity index is 1290. The van der Waals surface area contributed by atoms with E-state index < -0.39 is 0 Å². The highest BCUT2D eigenvalue weighted by molar-refractivity contribution is 7.99. The summed E-state index contributed by atoms with van der Waals surface area (Å²) in [5.74, 6) is 0.391. The molecule has 35 heavy (non-hydrogen) atoms. The van der Waals surface area contributed by atoms with Crippen molar-refractivity contribution in [1.29, 1.82) is 0 Å². The number of amides is 1. The van der Waals surface area contributed by atoms with Gasteiger partial charge in [-0.1, -0.05) is 84.9 Å². The normalized spacial score (nSPS) is 12.7. The maximum atomic E-state index is 13.2. The minimum absolute atomic E-state index is 0.187. The first-order chi connectivity index (χ1) is 16.9. The number of hydrogen-bond donors (Lipinski definition) is 1. The average molecular weight is 501 g/mol. The smallest absolute Gasteiger partial charge is 0.256 e. The van der Waals surface area contributed by atoms with Crippen LogP contribution in [-0.2, 0) is 0 Å². The average Bonchev–Trinajstić information content (AvgIpc) is 2.87. The van der Waals surface area contributed by atoms with Crippen LogP contribution in [0, 0.1) is 6.92 Å². The van der Waals surface area contributed by atoms with Crippen molar-refractivity contribution in [3.05, 3.63) is 130 Å². The molecule has 3 aromatic carbocycles. The van der Waals surface area contributed by atoms with Crippen LogP contribution in [0.3, 0.4) is 0 Å². The fraction of sp³-hybridized carbons (Fsp3) is 0.133. The fourth-order valence-electron chi connectivity index (χ4n) is 3.56. The van der Waals surface area contributed by atoms with E-state index in [1.807, 2.05) is 98.8 Å². The lowest BCUT2D eigenvalue weighted by atomic mass is 10.0. The molecule has 0 fully saturated rings. The van der Waals surface area contributed by atoms with Crippen molar-refractivity contribution in [2.45, 2.75) is 18.7 Å². The number of carbonyl (C=O) groups is 1. The summed E-state index contributed by atoms with van der Waals surface area (Å²) in [6, 6.07) is 25.6. The molecular formula is C30H29ClN2OS. The van der Waals surface area contributed by atoms with Crippen molar-refractivity contribution in [2.75, 3.05) is 12.8 Å². The second-order valence-electron chi connectivity index (χ2n) is 7.85. The van der Waals surface area contributed by atoms with Gasteiger partial charge in [-0.3, -0.25) is 9.79 Å². The molecule has 0 aromatic heterocycles. The largest absolute Gasteiger partial charge is 0.322 e. The number of nitrogens with one attached hydrogen (secondary N) is 1. The molecule has 0 radical (unpaired) electrons. The van der Waals surface area contributed by atoms with Gasteiger partial charge in [0.25, 0.3) is 5.91 Å². The van der Waals surface area contributed by atoms with Crippen molar-refractivity contribution < 1.29 is 4.79 Å². The second kappa shape index (κ2) is 12.9. The van der Waals surface area contributed by atoms with E-state index in [1.54, 1.807) is 24.9 Å². The van der Waals surface area contributed by atoms with E-state index in [9.17, 15) is 4.79 Å². The Balaban J connectivity index is 1.82. The van der Waals surface area contributed by atoms with Crippen molar-refractivity contribution in [3.8, 4) is 0 Å². The van der Waals surface area contributed by atoms with Crippen molar-refractivity contribution >= 4 is 41.1 Å². The molecule has 0 unspecified atom stereocenters. The number of hydrogen-bond acceptors (Lipinski definition) is 3. The molecule has 3 aromatic rings. The lowest BCUT2D eigenvalue weighted by Crippen LogP contribution is -2.22. The Hall–Kier alpha value is -3.34. The molecule has 0 spiro atoms. The Morgan fingerprint density at radius 2 is 1.69 bits per heavy atom. The highest BCUT2D eigenvalue weighted by Gasteiger charge is 2.16. The minimum Gasteiger partial charge on any atom is -0.322 e. The molecule has 0 atom stereocenters. The van der Waals surface area contributed by atoms with Gasteiger partial charge in [0, 0.05) is 34.0 Å². The van der Waals surface area contributed by atoms with Crippen LogP contribution in [0.1, 0.15) is 34.0 Å². The van der Waals surface area contributed by atoms with Crippen LogP contribution in [0.15, 0.2) is 118 Å². The number of aliphatic imine (C=N–C) groups is 1. The Morgan fingerprint density at radius 3 is 2.34 bits per heavy atom. The standard InChI is InChI=1S/C30H29ClN2OS/c1-5-25(19-24-16-10-9-13-21(24)2)33-30(34)26-17-11-12-18-28(26)35-20-27(22(3)31)29(32-4)23-14-7-6-8-15-23/h5-19H,1,20H2,2-4H3,(H,33,34)/b25-19+,27-22+,32-29?. The van der Waals surface area contributed by atoms with Crippen molar-refractivity contribution in [3.63, 3.8) is 0 Å². The molecule has 0 heterocycles. The molecule has 5 heteroatoms.